The fourth-order valence-corrected chi connectivity index (χ4v) is 12.9. The van der Waals surface area contributed by atoms with Crippen molar-refractivity contribution in [1.29, 1.82) is 0 Å². The van der Waals surface area contributed by atoms with Crippen molar-refractivity contribution in [1.82, 2.24) is 14.5 Å². The van der Waals surface area contributed by atoms with Crippen LogP contribution in [0.5, 0.6) is 0 Å². The minimum Gasteiger partial charge on any atom is -0.380 e. The number of nitrogens with zero attached hydrogens (tertiary/aromatic N) is 3. The summed E-state index contributed by atoms with van der Waals surface area (Å²) >= 11 is 1.45. The van der Waals surface area contributed by atoms with Gasteiger partial charge in [0, 0.05) is 60.7 Å². The van der Waals surface area contributed by atoms with Crippen molar-refractivity contribution in [3.8, 4) is 0 Å². The minimum atomic E-state index is -6.02. The van der Waals surface area contributed by atoms with Gasteiger partial charge in [0.05, 0.1) is 10.6 Å². The highest BCUT2D eigenvalue weighted by atomic mass is 32.2. The molecule has 0 spiro atoms. The van der Waals surface area contributed by atoms with Gasteiger partial charge >= 0.3 is 5.51 Å². The summed E-state index contributed by atoms with van der Waals surface area (Å²) in [5.41, 5.74) is -0.429. The Morgan fingerprint density at radius 2 is 1.56 bits per heavy atom. The van der Waals surface area contributed by atoms with E-state index in [-0.39, 0.29) is 5.56 Å². The van der Waals surface area contributed by atoms with E-state index in [1.165, 1.54) is 62.4 Å². The van der Waals surface area contributed by atoms with Crippen LogP contribution in [-0.4, -0.2) is 103 Å². The molecule has 5 aliphatic rings. The zero-order valence-corrected chi connectivity index (χ0v) is 38.1. The number of sulfonamides is 1. The van der Waals surface area contributed by atoms with Gasteiger partial charge in [0.2, 0.25) is 0 Å². The van der Waals surface area contributed by atoms with Crippen molar-refractivity contribution >= 4 is 48.9 Å². The lowest BCUT2D eigenvalue weighted by Gasteiger charge is -2.72. The Morgan fingerprint density at radius 3 is 2.16 bits per heavy atom. The molecule has 10 nitrogen and oxygen atoms in total. The van der Waals surface area contributed by atoms with E-state index in [0.29, 0.717) is 41.0 Å². The number of hydrogen-bond acceptors (Lipinski definition) is 10. The van der Waals surface area contributed by atoms with Gasteiger partial charge in [-0.25, -0.2) is 21.6 Å². The lowest BCUT2D eigenvalue weighted by atomic mass is 9.33. The number of anilines is 2. The van der Waals surface area contributed by atoms with Crippen molar-refractivity contribution in [2.45, 2.75) is 92.0 Å². The molecule has 2 bridgehead atoms. The van der Waals surface area contributed by atoms with E-state index >= 15 is 0 Å². The van der Waals surface area contributed by atoms with Crippen LogP contribution in [0.15, 0.2) is 98.6 Å². The van der Waals surface area contributed by atoms with Gasteiger partial charge in [-0.3, -0.25) is 9.69 Å². The Balaban J connectivity index is 1.00. The molecule has 1 saturated heterocycles. The van der Waals surface area contributed by atoms with Gasteiger partial charge < -0.3 is 15.1 Å². The standard InChI is InChI=1S/C45H58F3N5O5S3/c1-42(2)19-17-33(38(26-42)44-29-43(3,30-44)31-44)27-52-21-23-53(24-22-52)35-13-11-32(12-14-35)41(54)50-61(57,58)37-15-16-39(40(25-37)60(55,56)45(46,47)48)49-34(18-20-51(4)5)28-59-36-9-7-6-8-10-36/h6-16,25,34,49H,17-24,26-31H2,1-5H3,(H,50,54)/t34-,43?,44?/m1/s1. The van der Waals surface area contributed by atoms with Gasteiger partial charge in [-0.2, -0.15) is 13.2 Å². The highest BCUT2D eigenvalue weighted by Crippen LogP contribution is 2.77. The van der Waals surface area contributed by atoms with Crippen molar-refractivity contribution in [2.24, 2.45) is 16.2 Å². The van der Waals surface area contributed by atoms with Crippen molar-refractivity contribution in [2.75, 3.05) is 69.3 Å². The fraction of sp³-hybridized carbons (Fsp3) is 0.533. The first-order chi connectivity index (χ1) is 28.6. The SMILES string of the molecule is CN(C)CC[C@H](CSc1ccccc1)Nc1ccc(S(=O)(=O)NC(=O)c2ccc(N3CCN(CC4=C(C56CC(C)(C5)C6)CC(C)(C)CC4)CC3)cc2)cc1S(=O)(=O)C(F)(F)F. The molecule has 61 heavy (non-hydrogen) atoms. The summed E-state index contributed by atoms with van der Waals surface area (Å²) in [5.74, 6) is -0.620. The van der Waals surface area contributed by atoms with Crippen LogP contribution in [0.25, 0.3) is 0 Å². The van der Waals surface area contributed by atoms with Crippen LogP contribution in [0.3, 0.4) is 0 Å². The second-order valence-electron chi connectivity index (χ2n) is 19.0. The summed E-state index contributed by atoms with van der Waals surface area (Å²) in [5, 5.41) is 2.95. The van der Waals surface area contributed by atoms with Gasteiger partial charge in [0.25, 0.3) is 25.8 Å². The number of benzene rings is 3. The number of thioether (sulfide) groups is 1. The Hall–Kier alpha value is -3.57. The molecule has 0 unspecified atom stereocenters. The van der Waals surface area contributed by atoms with Crippen LogP contribution >= 0.6 is 11.8 Å². The topological polar surface area (TPSA) is 119 Å². The van der Waals surface area contributed by atoms with Gasteiger partial charge in [-0.15, -0.1) is 11.8 Å². The quantitative estimate of drug-likeness (QED) is 0.107. The van der Waals surface area contributed by atoms with Crippen LogP contribution < -0.4 is 14.9 Å². The number of piperazine rings is 1. The smallest absolute Gasteiger partial charge is 0.380 e. The zero-order chi connectivity index (χ0) is 44.0. The molecular weight excluding hydrogens is 844 g/mol. The van der Waals surface area contributed by atoms with E-state index in [1.807, 2.05) is 54.0 Å². The molecular formula is C45H58F3N5O5S3. The molecule has 1 atom stereocenters. The number of alkyl halides is 3. The predicted octanol–water partition coefficient (Wildman–Crippen LogP) is 8.44. The van der Waals surface area contributed by atoms with Crippen LogP contribution in [0.2, 0.25) is 0 Å². The Kier molecular flexibility index (Phi) is 12.8. The van der Waals surface area contributed by atoms with Gasteiger partial charge in [0.1, 0.15) is 4.90 Å². The number of carbonyl (C=O) groups excluding carboxylic acids is 1. The van der Waals surface area contributed by atoms with E-state index in [1.54, 1.807) is 23.3 Å². The van der Waals surface area contributed by atoms with Crippen LogP contribution in [-0.2, 0) is 19.9 Å². The first-order valence-corrected chi connectivity index (χ1v) is 24.9. The fourth-order valence-electron chi connectivity index (χ4n) is 9.86. The maximum atomic E-state index is 14.1. The molecule has 1 amide bonds. The van der Waals surface area contributed by atoms with Crippen molar-refractivity contribution in [3.05, 3.63) is 89.5 Å². The lowest BCUT2D eigenvalue weighted by Crippen LogP contribution is -2.61. The molecule has 4 aliphatic carbocycles. The largest absolute Gasteiger partial charge is 0.501 e. The third-order valence-corrected chi connectivity index (χ3v) is 17.0. The molecule has 2 N–H and O–H groups in total. The summed E-state index contributed by atoms with van der Waals surface area (Å²) in [6.07, 6.45) is 8.07. The molecule has 4 fully saturated rings. The summed E-state index contributed by atoms with van der Waals surface area (Å²) in [7, 11) is -7.15. The van der Waals surface area contributed by atoms with Crippen LogP contribution in [0.1, 0.15) is 76.1 Å². The average molecular weight is 902 g/mol. The predicted molar refractivity (Wildman–Crippen MR) is 236 cm³/mol. The van der Waals surface area contributed by atoms with Crippen molar-refractivity contribution < 1.29 is 34.8 Å². The highest BCUT2D eigenvalue weighted by molar-refractivity contribution is 7.99. The van der Waals surface area contributed by atoms with Gasteiger partial charge in [-0.1, -0.05) is 50.1 Å². The summed E-state index contributed by atoms with van der Waals surface area (Å²) < 4.78 is 96.9. The third kappa shape index (κ3) is 10.1. The molecule has 332 valence electrons. The number of hydrogen-bond donors (Lipinski definition) is 2. The Bertz CT molecular complexity index is 2330. The number of halogens is 3. The molecule has 3 aromatic carbocycles. The number of rotatable bonds is 16. The van der Waals surface area contributed by atoms with Crippen molar-refractivity contribution in [3.63, 3.8) is 0 Å². The van der Waals surface area contributed by atoms with E-state index in [9.17, 15) is 34.8 Å². The lowest BCUT2D eigenvalue weighted by molar-refractivity contribution is -0.167. The first-order valence-electron chi connectivity index (χ1n) is 21.0. The molecule has 8 rings (SSSR count). The molecule has 3 aromatic rings. The molecule has 0 aromatic heterocycles. The number of nitrogens with one attached hydrogen (secondary N) is 2. The van der Waals surface area contributed by atoms with E-state index in [2.05, 4.69) is 35.9 Å². The zero-order valence-electron chi connectivity index (χ0n) is 35.6. The van der Waals surface area contributed by atoms with E-state index in [0.717, 1.165) is 55.4 Å². The summed E-state index contributed by atoms with van der Waals surface area (Å²) in [6, 6.07) is 17.8. The monoisotopic (exact) mass is 901 g/mol. The minimum absolute atomic E-state index is 0.0224. The molecule has 1 heterocycles. The number of carbonyl (C=O) groups is 1. The van der Waals surface area contributed by atoms with Gasteiger partial charge in [-0.05, 0) is 136 Å². The van der Waals surface area contributed by atoms with Gasteiger partial charge in [0.15, 0.2) is 0 Å². The van der Waals surface area contributed by atoms with Crippen LogP contribution in [0.4, 0.5) is 24.5 Å². The molecule has 1 aliphatic heterocycles. The third-order valence-electron chi connectivity index (χ3n) is 13.0. The number of sulfone groups is 1. The molecule has 3 saturated carbocycles. The number of amides is 1. The second-order valence-corrected chi connectivity index (χ2v) is 23.6. The average Bonchev–Trinajstić information content (AvgIpc) is 3.18. The first kappa shape index (κ1) is 45.5. The molecule has 0 radical (unpaired) electrons. The Morgan fingerprint density at radius 1 is 0.902 bits per heavy atom. The summed E-state index contributed by atoms with van der Waals surface area (Å²) in [6.45, 7) is 12.2. The van der Waals surface area contributed by atoms with Crippen LogP contribution in [0, 0.1) is 16.2 Å². The normalized spacial score (nSPS) is 23.6. The highest BCUT2D eigenvalue weighted by Gasteiger charge is 2.66. The van der Waals surface area contributed by atoms with E-state index < -0.39 is 52.8 Å². The van der Waals surface area contributed by atoms with E-state index in [4.69, 9.17) is 0 Å². The molecule has 16 heteroatoms. The number of allylic oxidation sites excluding steroid dienone is 1. The summed E-state index contributed by atoms with van der Waals surface area (Å²) in [4.78, 5) is 18.8. The Labute approximate surface area is 363 Å². The maximum Gasteiger partial charge on any atom is 0.501 e. The second kappa shape index (κ2) is 17.2. The maximum absolute atomic E-state index is 14.1.